The number of aryl methyl sites for hydroxylation is 1. The van der Waals surface area contributed by atoms with Gasteiger partial charge in [-0.1, -0.05) is 0 Å². The lowest BCUT2D eigenvalue weighted by atomic mass is 10.1. The molecule has 1 amide bonds. The van der Waals surface area contributed by atoms with Gasteiger partial charge in [0.1, 0.15) is 0 Å². The molecule has 0 aliphatic carbocycles. The molecule has 1 aliphatic heterocycles. The number of carbonyl (C=O) groups excluding carboxylic acids is 1. The Bertz CT molecular complexity index is 822. The molecule has 0 spiro atoms. The van der Waals surface area contributed by atoms with Crippen LogP contribution in [0.4, 0.5) is 0 Å². The second kappa shape index (κ2) is 8.01. The van der Waals surface area contributed by atoms with Gasteiger partial charge in [-0.25, -0.2) is 4.98 Å². The highest BCUT2D eigenvalue weighted by molar-refractivity contribution is 8.03. The lowest BCUT2D eigenvalue weighted by molar-refractivity contribution is 0.0830. The molecule has 2 aromatic rings. The molecule has 0 saturated carbocycles. The molecule has 8 heteroatoms. The van der Waals surface area contributed by atoms with Crippen molar-refractivity contribution in [1.29, 1.82) is 0 Å². The minimum atomic E-state index is -0.104. The number of thioether (sulfide) groups is 1. The first-order chi connectivity index (χ1) is 12.6. The van der Waals surface area contributed by atoms with Crippen LogP contribution in [0.25, 0.3) is 6.08 Å². The number of thiazole rings is 1. The molecular formula is C18H20N2O4S2. The Morgan fingerprint density at radius 3 is 2.42 bits per heavy atom. The first-order valence-electron chi connectivity index (χ1n) is 7.96. The Labute approximate surface area is 160 Å². The zero-order chi connectivity index (χ0) is 18.7. The van der Waals surface area contributed by atoms with Crippen molar-refractivity contribution < 1.29 is 19.0 Å². The average molecular weight is 393 g/mol. The van der Waals surface area contributed by atoms with E-state index in [9.17, 15) is 4.79 Å². The van der Waals surface area contributed by atoms with Crippen molar-refractivity contribution in [2.45, 2.75) is 6.92 Å². The lowest BCUT2D eigenvalue weighted by Gasteiger charge is -2.19. The van der Waals surface area contributed by atoms with Gasteiger partial charge in [-0.15, -0.1) is 23.1 Å². The lowest BCUT2D eigenvalue weighted by Crippen LogP contribution is -2.26. The second-order valence-corrected chi connectivity index (χ2v) is 7.67. The van der Waals surface area contributed by atoms with Gasteiger partial charge in [0, 0.05) is 23.2 Å². The molecule has 6 nitrogen and oxygen atoms in total. The number of methoxy groups -OCH3 is 3. The van der Waals surface area contributed by atoms with Crippen molar-refractivity contribution >= 4 is 35.1 Å². The molecule has 2 heterocycles. The summed E-state index contributed by atoms with van der Waals surface area (Å²) in [5, 5.41) is 3.89. The van der Waals surface area contributed by atoms with Gasteiger partial charge in [0.2, 0.25) is 5.75 Å². The SMILES string of the molecule is COc1cc(C(=O)N2CCS/C2=C/c2csc(C)n2)cc(OC)c1OC. The number of amides is 1. The molecule has 138 valence electrons. The van der Waals surface area contributed by atoms with Gasteiger partial charge in [0.15, 0.2) is 11.5 Å². The van der Waals surface area contributed by atoms with Crippen LogP contribution in [0.15, 0.2) is 22.5 Å². The summed E-state index contributed by atoms with van der Waals surface area (Å²) in [6.45, 7) is 2.61. The van der Waals surface area contributed by atoms with Crippen LogP contribution >= 0.6 is 23.1 Å². The molecule has 0 unspecified atom stereocenters. The van der Waals surface area contributed by atoms with Crippen LogP contribution in [0.5, 0.6) is 17.2 Å². The molecule has 1 saturated heterocycles. The maximum absolute atomic E-state index is 13.1. The Balaban J connectivity index is 1.94. The number of hydrogen-bond acceptors (Lipinski definition) is 7. The van der Waals surface area contributed by atoms with Gasteiger partial charge < -0.3 is 19.1 Å². The quantitative estimate of drug-likeness (QED) is 0.774. The van der Waals surface area contributed by atoms with Crippen molar-refractivity contribution in [3.05, 3.63) is 38.8 Å². The zero-order valence-electron chi connectivity index (χ0n) is 15.1. The van der Waals surface area contributed by atoms with E-state index in [1.165, 1.54) is 21.3 Å². The molecule has 0 atom stereocenters. The number of hydrogen-bond donors (Lipinski definition) is 0. The summed E-state index contributed by atoms with van der Waals surface area (Å²) in [7, 11) is 4.61. The van der Waals surface area contributed by atoms with Crippen molar-refractivity contribution in [2.75, 3.05) is 33.6 Å². The maximum Gasteiger partial charge on any atom is 0.258 e. The van der Waals surface area contributed by atoms with Crippen molar-refractivity contribution in [2.24, 2.45) is 0 Å². The minimum Gasteiger partial charge on any atom is -0.493 e. The minimum absolute atomic E-state index is 0.104. The molecule has 1 fully saturated rings. The van der Waals surface area contributed by atoms with Gasteiger partial charge in [-0.05, 0) is 25.1 Å². The first kappa shape index (κ1) is 18.6. The molecule has 1 aliphatic rings. The Morgan fingerprint density at radius 1 is 1.19 bits per heavy atom. The van der Waals surface area contributed by atoms with Crippen molar-refractivity contribution in [3.8, 4) is 17.2 Å². The summed E-state index contributed by atoms with van der Waals surface area (Å²) in [5.74, 6) is 2.14. The Kier molecular flexibility index (Phi) is 5.73. The third kappa shape index (κ3) is 3.66. The molecule has 1 aromatic heterocycles. The van der Waals surface area contributed by atoms with Crippen LogP contribution in [0, 0.1) is 6.92 Å². The van der Waals surface area contributed by atoms with Gasteiger partial charge in [0.25, 0.3) is 5.91 Å². The summed E-state index contributed by atoms with van der Waals surface area (Å²) in [5.41, 5.74) is 1.36. The van der Waals surface area contributed by atoms with E-state index in [0.29, 0.717) is 29.4 Å². The van der Waals surface area contributed by atoms with E-state index in [-0.39, 0.29) is 5.91 Å². The summed E-state index contributed by atoms with van der Waals surface area (Å²) in [6.07, 6.45) is 1.96. The number of rotatable bonds is 5. The predicted molar refractivity (Wildman–Crippen MR) is 104 cm³/mol. The molecule has 0 bridgehead atoms. The highest BCUT2D eigenvalue weighted by Crippen LogP contribution is 2.39. The van der Waals surface area contributed by atoms with Crippen LogP contribution in [0.1, 0.15) is 21.1 Å². The van der Waals surface area contributed by atoms with E-state index in [2.05, 4.69) is 4.98 Å². The maximum atomic E-state index is 13.1. The third-order valence-corrected chi connectivity index (χ3v) is 5.71. The number of carbonyl (C=O) groups is 1. The van der Waals surface area contributed by atoms with E-state index in [0.717, 1.165) is 21.5 Å². The van der Waals surface area contributed by atoms with Gasteiger partial charge in [-0.2, -0.15) is 0 Å². The van der Waals surface area contributed by atoms with Crippen molar-refractivity contribution in [3.63, 3.8) is 0 Å². The van der Waals surface area contributed by atoms with Gasteiger partial charge in [0.05, 0.1) is 37.1 Å². The summed E-state index contributed by atoms with van der Waals surface area (Å²) < 4.78 is 16.0. The van der Waals surface area contributed by atoms with E-state index in [1.54, 1.807) is 40.1 Å². The third-order valence-electron chi connectivity index (χ3n) is 3.90. The highest BCUT2D eigenvalue weighted by Gasteiger charge is 2.27. The number of benzene rings is 1. The summed E-state index contributed by atoms with van der Waals surface area (Å²) in [6, 6.07) is 3.36. The number of ether oxygens (including phenoxy) is 3. The molecule has 0 N–H and O–H groups in total. The molecule has 3 rings (SSSR count). The van der Waals surface area contributed by atoms with Gasteiger partial charge >= 0.3 is 0 Å². The fourth-order valence-electron chi connectivity index (χ4n) is 2.68. The van der Waals surface area contributed by atoms with E-state index in [4.69, 9.17) is 14.2 Å². The normalized spacial score (nSPS) is 15.4. The van der Waals surface area contributed by atoms with Crippen LogP contribution in [0.3, 0.4) is 0 Å². The smallest absolute Gasteiger partial charge is 0.258 e. The second-order valence-electron chi connectivity index (χ2n) is 5.49. The molecule has 1 aromatic carbocycles. The monoisotopic (exact) mass is 392 g/mol. The number of aromatic nitrogens is 1. The predicted octanol–water partition coefficient (Wildman–Crippen LogP) is 3.66. The van der Waals surface area contributed by atoms with Crippen LogP contribution in [-0.4, -0.2) is 49.4 Å². The van der Waals surface area contributed by atoms with E-state index in [1.807, 2.05) is 18.4 Å². The van der Waals surface area contributed by atoms with E-state index < -0.39 is 0 Å². The van der Waals surface area contributed by atoms with Crippen LogP contribution in [-0.2, 0) is 0 Å². The fraction of sp³-hybridized carbons (Fsp3) is 0.333. The average Bonchev–Trinajstić information content (AvgIpc) is 3.28. The summed E-state index contributed by atoms with van der Waals surface area (Å²) in [4.78, 5) is 19.3. The van der Waals surface area contributed by atoms with Crippen LogP contribution < -0.4 is 14.2 Å². The van der Waals surface area contributed by atoms with Gasteiger partial charge in [-0.3, -0.25) is 4.79 Å². The first-order valence-corrected chi connectivity index (χ1v) is 9.82. The molecule has 0 radical (unpaired) electrons. The highest BCUT2D eigenvalue weighted by atomic mass is 32.2. The molecule has 26 heavy (non-hydrogen) atoms. The zero-order valence-corrected chi connectivity index (χ0v) is 16.7. The summed E-state index contributed by atoms with van der Waals surface area (Å²) >= 11 is 3.24. The Morgan fingerprint density at radius 2 is 1.88 bits per heavy atom. The van der Waals surface area contributed by atoms with Crippen LogP contribution in [0.2, 0.25) is 0 Å². The fourth-order valence-corrected chi connectivity index (χ4v) is 4.27. The van der Waals surface area contributed by atoms with Crippen molar-refractivity contribution in [1.82, 2.24) is 9.88 Å². The number of nitrogens with zero attached hydrogens (tertiary/aromatic N) is 2. The molecular weight excluding hydrogens is 372 g/mol. The Hall–Kier alpha value is -2.19. The largest absolute Gasteiger partial charge is 0.493 e. The topological polar surface area (TPSA) is 60.9 Å². The van der Waals surface area contributed by atoms with E-state index >= 15 is 0 Å². The standard InChI is InChI=1S/C18H20N2O4S2/c1-11-19-13(10-26-11)9-16-20(5-6-25-16)18(21)12-7-14(22-2)17(24-4)15(8-12)23-3/h7-10H,5-6H2,1-4H3/b16-9+.